The van der Waals surface area contributed by atoms with Gasteiger partial charge in [-0.25, -0.2) is 0 Å². The largest absolute Gasteiger partial charge is 0.0830 e. The Kier molecular flexibility index (Phi) is 8.89. The van der Waals surface area contributed by atoms with Gasteiger partial charge in [0, 0.05) is 11.8 Å². The highest BCUT2D eigenvalue weighted by atomic mass is 14.3. The number of benzene rings is 10. The van der Waals surface area contributed by atoms with Crippen LogP contribution in [0.2, 0.25) is 0 Å². The van der Waals surface area contributed by atoms with Gasteiger partial charge in [0.15, 0.2) is 0 Å². The lowest BCUT2D eigenvalue weighted by molar-refractivity contribution is 0.799. The van der Waals surface area contributed by atoms with Crippen molar-refractivity contribution in [3.8, 4) is 55.6 Å². The average Bonchev–Trinajstić information content (AvgIpc) is 3.35. The van der Waals surface area contributed by atoms with E-state index in [-0.39, 0.29) is 5.92 Å². The molecular formula is C62H44. The van der Waals surface area contributed by atoms with E-state index in [9.17, 15) is 0 Å². The van der Waals surface area contributed by atoms with Gasteiger partial charge in [-0.15, -0.1) is 0 Å². The first-order chi connectivity index (χ1) is 30.7. The maximum absolute atomic E-state index is 2.53. The third-order valence-corrected chi connectivity index (χ3v) is 13.6. The highest BCUT2D eigenvalue weighted by molar-refractivity contribution is 6.06. The normalized spacial score (nSPS) is 15.2. The predicted octanol–water partition coefficient (Wildman–Crippen LogP) is 16.6. The van der Waals surface area contributed by atoms with Crippen LogP contribution in [0, 0.1) is 0 Å². The summed E-state index contributed by atoms with van der Waals surface area (Å²) in [5.74, 6) is 0.490. The molecule has 2 atom stereocenters. The number of fused-ring (bicyclic) bond motifs is 7. The second-order valence-corrected chi connectivity index (χ2v) is 17.1. The van der Waals surface area contributed by atoms with Gasteiger partial charge in [-0.05, 0) is 142 Å². The molecule has 10 aromatic rings. The summed E-state index contributed by atoms with van der Waals surface area (Å²) < 4.78 is 0. The zero-order valence-corrected chi connectivity index (χ0v) is 34.5. The molecule has 0 bridgehead atoms. The first-order valence-corrected chi connectivity index (χ1v) is 22.0. The van der Waals surface area contributed by atoms with Gasteiger partial charge in [0.1, 0.15) is 0 Å². The molecule has 0 heterocycles. The van der Waals surface area contributed by atoms with Crippen molar-refractivity contribution >= 4 is 27.6 Å². The zero-order chi connectivity index (χ0) is 41.0. The molecular weight excluding hydrogens is 745 g/mol. The molecule has 0 fully saturated rings. The molecule has 10 aromatic carbocycles. The first kappa shape index (κ1) is 36.3. The van der Waals surface area contributed by atoms with Gasteiger partial charge in [-0.3, -0.25) is 0 Å². The minimum Gasteiger partial charge on any atom is -0.0830 e. The summed E-state index contributed by atoms with van der Waals surface area (Å²) >= 11 is 0. The Morgan fingerprint density at radius 1 is 0.323 bits per heavy atom. The van der Waals surface area contributed by atoms with Gasteiger partial charge < -0.3 is 0 Å². The van der Waals surface area contributed by atoms with E-state index in [0.717, 1.165) is 12.8 Å². The van der Waals surface area contributed by atoms with Crippen LogP contribution in [-0.2, 0) is 6.42 Å². The second kappa shape index (κ2) is 15.2. The molecule has 0 aromatic heterocycles. The quantitative estimate of drug-likeness (QED) is 0.157. The van der Waals surface area contributed by atoms with Crippen molar-refractivity contribution in [2.45, 2.75) is 24.7 Å². The van der Waals surface area contributed by atoms with Crippen LogP contribution in [0.4, 0.5) is 0 Å². The molecule has 0 saturated heterocycles. The smallest absolute Gasteiger partial charge is 0.0137 e. The molecule has 0 heteroatoms. The molecule has 0 saturated carbocycles. The van der Waals surface area contributed by atoms with Crippen molar-refractivity contribution in [1.29, 1.82) is 0 Å². The third-order valence-electron chi connectivity index (χ3n) is 13.6. The molecule has 0 spiro atoms. The highest BCUT2D eigenvalue weighted by Gasteiger charge is 2.30. The van der Waals surface area contributed by atoms with Gasteiger partial charge >= 0.3 is 0 Å². The van der Waals surface area contributed by atoms with E-state index in [4.69, 9.17) is 0 Å². The van der Waals surface area contributed by atoms with Crippen molar-refractivity contribution in [2.24, 2.45) is 0 Å². The van der Waals surface area contributed by atoms with Crippen molar-refractivity contribution in [2.75, 3.05) is 0 Å². The van der Waals surface area contributed by atoms with Gasteiger partial charge in [0.25, 0.3) is 0 Å². The number of allylic oxidation sites excluding steroid dienone is 1. The first-order valence-electron chi connectivity index (χ1n) is 22.0. The maximum atomic E-state index is 2.53. The van der Waals surface area contributed by atoms with E-state index in [1.807, 2.05) is 0 Å². The number of hydrogen-bond donors (Lipinski definition) is 0. The molecule has 2 aliphatic carbocycles. The van der Waals surface area contributed by atoms with Crippen LogP contribution >= 0.6 is 0 Å². The molecule has 292 valence electrons. The molecule has 0 nitrogen and oxygen atoms in total. The van der Waals surface area contributed by atoms with E-state index in [1.165, 1.54) is 111 Å². The van der Waals surface area contributed by atoms with Gasteiger partial charge in [-0.2, -0.15) is 0 Å². The Balaban J connectivity index is 1.07. The Morgan fingerprint density at radius 3 is 1.76 bits per heavy atom. The van der Waals surface area contributed by atoms with E-state index < -0.39 is 0 Å². The SMILES string of the molecule is C1=Cc2ccccc2C(c2cccc(-c3cc4c(c5ccc(-c6ccccc6)cc35)CC(c3cccc(-c5cccc6ccccc56)c3)c3cc(-c5ccccc5)ccc3-4)c2)C1. The monoisotopic (exact) mass is 788 g/mol. The predicted molar refractivity (Wildman–Crippen MR) is 263 cm³/mol. The Bertz CT molecular complexity index is 3350. The van der Waals surface area contributed by atoms with Crippen LogP contribution in [0.1, 0.15) is 51.6 Å². The Labute approximate surface area is 364 Å². The minimum atomic E-state index is 0.168. The van der Waals surface area contributed by atoms with E-state index in [2.05, 4.69) is 231 Å². The fourth-order valence-electron chi connectivity index (χ4n) is 10.6. The Hall–Kier alpha value is -7.54. The van der Waals surface area contributed by atoms with Gasteiger partial charge in [0.05, 0.1) is 0 Å². The standard InChI is InChI=1S/C62H44/c1-3-15-41(16-4-1)45-31-33-55-59(37-45)57(49-25-11-23-47(35-49)53-29-13-21-43-19-7-9-27-51(43)53)39-62-56-34-32-46(42-17-5-2-6-18-42)38-60(56)58(40-61(55)62)50-26-12-24-48(36-50)54-30-14-22-44-20-8-10-28-52(44)54/h1-29,31-38,40,54,57H,30,39H2. The molecule has 2 aliphatic rings. The van der Waals surface area contributed by atoms with Gasteiger partial charge in [0.2, 0.25) is 0 Å². The van der Waals surface area contributed by atoms with Crippen LogP contribution in [-0.4, -0.2) is 0 Å². The summed E-state index contributed by atoms with van der Waals surface area (Å²) in [7, 11) is 0. The summed E-state index contributed by atoms with van der Waals surface area (Å²) in [6.45, 7) is 0. The summed E-state index contributed by atoms with van der Waals surface area (Å²) in [5, 5.41) is 5.19. The second-order valence-electron chi connectivity index (χ2n) is 17.1. The lowest BCUT2D eigenvalue weighted by Gasteiger charge is -2.31. The van der Waals surface area contributed by atoms with Crippen molar-refractivity contribution in [1.82, 2.24) is 0 Å². The minimum absolute atomic E-state index is 0.168. The van der Waals surface area contributed by atoms with Crippen LogP contribution in [0.15, 0.2) is 224 Å². The van der Waals surface area contributed by atoms with Gasteiger partial charge in [-0.1, -0.05) is 212 Å². The van der Waals surface area contributed by atoms with Crippen LogP contribution in [0.5, 0.6) is 0 Å². The van der Waals surface area contributed by atoms with Crippen LogP contribution < -0.4 is 0 Å². The molecule has 0 amide bonds. The molecule has 0 N–H and O–H groups in total. The number of rotatable bonds is 6. The van der Waals surface area contributed by atoms with Crippen LogP contribution in [0.25, 0.3) is 83.3 Å². The molecule has 12 rings (SSSR count). The number of hydrogen-bond acceptors (Lipinski definition) is 0. The summed E-state index contributed by atoms with van der Waals surface area (Å²) in [6, 6.07) is 81.8. The van der Waals surface area contributed by atoms with E-state index >= 15 is 0 Å². The van der Waals surface area contributed by atoms with Crippen LogP contribution in [0.3, 0.4) is 0 Å². The molecule has 62 heavy (non-hydrogen) atoms. The lowest BCUT2D eigenvalue weighted by Crippen LogP contribution is -2.14. The maximum Gasteiger partial charge on any atom is 0.0137 e. The summed E-state index contributed by atoms with van der Waals surface area (Å²) in [6.07, 6.45) is 6.54. The van der Waals surface area contributed by atoms with E-state index in [1.54, 1.807) is 0 Å². The lowest BCUT2D eigenvalue weighted by atomic mass is 9.72. The zero-order valence-electron chi connectivity index (χ0n) is 34.5. The third kappa shape index (κ3) is 6.30. The fourth-order valence-corrected chi connectivity index (χ4v) is 10.6. The topological polar surface area (TPSA) is 0 Å². The fraction of sp³-hybridized carbons (Fsp3) is 0.0645. The highest BCUT2D eigenvalue weighted by Crippen LogP contribution is 2.50. The van der Waals surface area contributed by atoms with Crippen molar-refractivity contribution < 1.29 is 0 Å². The Morgan fingerprint density at radius 2 is 0.952 bits per heavy atom. The van der Waals surface area contributed by atoms with Crippen molar-refractivity contribution in [3.63, 3.8) is 0 Å². The molecule has 0 radical (unpaired) electrons. The average molecular weight is 789 g/mol. The molecule has 0 aliphatic heterocycles. The van der Waals surface area contributed by atoms with E-state index in [0.29, 0.717) is 5.92 Å². The summed E-state index contributed by atoms with van der Waals surface area (Å²) in [4.78, 5) is 0. The molecule has 2 unspecified atom stereocenters. The van der Waals surface area contributed by atoms with Crippen molar-refractivity contribution in [3.05, 3.63) is 258 Å². The summed E-state index contributed by atoms with van der Waals surface area (Å²) in [5.41, 5.74) is 21.0.